The van der Waals surface area contributed by atoms with E-state index in [2.05, 4.69) is 11.1 Å². The highest BCUT2D eigenvalue weighted by atomic mass is 19.1. The number of nitrogens with zero attached hydrogens (tertiary/aromatic N) is 2. The predicted octanol–water partition coefficient (Wildman–Crippen LogP) is 3.44. The molecule has 18 heavy (non-hydrogen) atoms. The largest absolute Gasteiger partial charge is 0.256 e. The van der Waals surface area contributed by atoms with Crippen molar-refractivity contribution >= 4 is 0 Å². The molecule has 0 bridgehead atoms. The van der Waals surface area contributed by atoms with Gasteiger partial charge in [0, 0.05) is 11.8 Å². The molecule has 0 saturated heterocycles. The normalized spacial score (nSPS) is 16.0. The fourth-order valence-electron chi connectivity index (χ4n) is 2.06. The highest BCUT2D eigenvalue weighted by Gasteiger charge is 2.45. The lowest BCUT2D eigenvalue weighted by Gasteiger charge is -2.06. The smallest absolute Gasteiger partial charge is 0.123 e. The van der Waals surface area contributed by atoms with Gasteiger partial charge >= 0.3 is 0 Å². The monoisotopic (exact) mass is 238 g/mol. The Labute approximate surface area is 105 Å². The number of pyridine rings is 1. The molecule has 1 aromatic heterocycles. The van der Waals surface area contributed by atoms with Gasteiger partial charge in [0.25, 0.3) is 0 Å². The molecule has 0 atom stereocenters. The minimum atomic E-state index is -0.297. The Kier molecular flexibility index (Phi) is 2.38. The first-order chi connectivity index (χ1) is 8.73. The second-order valence-corrected chi connectivity index (χ2v) is 4.63. The summed E-state index contributed by atoms with van der Waals surface area (Å²) in [5.74, 6) is -0.253. The summed E-state index contributed by atoms with van der Waals surface area (Å²) in [5, 5.41) is 9.11. The third kappa shape index (κ3) is 1.76. The number of halogens is 1. The van der Waals surface area contributed by atoms with E-state index in [0.717, 1.165) is 29.7 Å². The molecule has 88 valence electrons. The van der Waals surface area contributed by atoms with Crippen molar-refractivity contribution in [3.8, 4) is 17.3 Å². The highest BCUT2D eigenvalue weighted by Crippen LogP contribution is 2.47. The molecule has 0 aliphatic heterocycles. The summed E-state index contributed by atoms with van der Waals surface area (Å²) < 4.78 is 12.8. The molecule has 1 aliphatic carbocycles. The Balaban J connectivity index is 1.92. The first-order valence-corrected chi connectivity index (χ1v) is 5.87. The van der Waals surface area contributed by atoms with Crippen LogP contribution in [0.2, 0.25) is 0 Å². The summed E-state index contributed by atoms with van der Waals surface area (Å²) in [5.41, 5.74) is 2.36. The maximum absolute atomic E-state index is 12.8. The molecule has 0 amide bonds. The molecule has 3 rings (SSSR count). The van der Waals surface area contributed by atoms with Gasteiger partial charge < -0.3 is 0 Å². The van der Waals surface area contributed by atoms with Gasteiger partial charge in [-0.2, -0.15) is 5.26 Å². The molecule has 0 unspecified atom stereocenters. The molecule has 1 aliphatic rings. The number of nitriles is 1. The van der Waals surface area contributed by atoms with E-state index in [1.807, 2.05) is 12.1 Å². The van der Waals surface area contributed by atoms with E-state index in [1.54, 1.807) is 18.3 Å². The summed E-state index contributed by atoms with van der Waals surface area (Å²) in [4.78, 5) is 4.36. The minimum absolute atomic E-state index is 0.253. The first-order valence-electron chi connectivity index (χ1n) is 5.87. The fraction of sp³-hybridized carbons (Fsp3) is 0.200. The van der Waals surface area contributed by atoms with Crippen molar-refractivity contribution in [1.29, 1.82) is 5.26 Å². The van der Waals surface area contributed by atoms with E-state index >= 15 is 0 Å². The van der Waals surface area contributed by atoms with Gasteiger partial charge in [-0.15, -0.1) is 0 Å². The van der Waals surface area contributed by atoms with Crippen LogP contribution in [0, 0.1) is 17.1 Å². The fourth-order valence-corrected chi connectivity index (χ4v) is 2.06. The van der Waals surface area contributed by atoms with Crippen molar-refractivity contribution in [1.82, 2.24) is 4.98 Å². The molecule has 0 N–H and O–H groups in total. The van der Waals surface area contributed by atoms with Gasteiger partial charge in [-0.3, -0.25) is 4.98 Å². The summed E-state index contributed by atoms with van der Waals surface area (Å²) in [7, 11) is 0. The third-order valence-corrected chi connectivity index (χ3v) is 3.42. The standard InChI is InChI=1S/C15H11FN2/c16-13-4-1-11(2-5-13)14-6-3-12(9-18-14)15(10-17)7-8-15/h1-6,9H,7-8H2. The van der Waals surface area contributed by atoms with Crippen molar-refractivity contribution in [2.75, 3.05) is 0 Å². The Hall–Kier alpha value is -2.21. The lowest BCUT2D eigenvalue weighted by Crippen LogP contribution is -2.02. The van der Waals surface area contributed by atoms with E-state index in [4.69, 9.17) is 5.26 Å². The highest BCUT2D eigenvalue weighted by molar-refractivity contribution is 5.59. The van der Waals surface area contributed by atoms with E-state index in [0.29, 0.717) is 0 Å². The molecule has 0 radical (unpaired) electrons. The Morgan fingerprint density at radius 1 is 1.11 bits per heavy atom. The third-order valence-electron chi connectivity index (χ3n) is 3.42. The van der Waals surface area contributed by atoms with Crippen LogP contribution in [0.5, 0.6) is 0 Å². The van der Waals surface area contributed by atoms with Gasteiger partial charge in [0.05, 0.1) is 17.2 Å². The zero-order chi connectivity index (χ0) is 12.6. The van der Waals surface area contributed by atoms with Crippen LogP contribution >= 0.6 is 0 Å². The molecule has 3 heteroatoms. The van der Waals surface area contributed by atoms with Gasteiger partial charge in [-0.05, 0) is 48.7 Å². The number of rotatable bonds is 2. The van der Waals surface area contributed by atoms with Crippen LogP contribution in [0.1, 0.15) is 18.4 Å². The molecule has 1 saturated carbocycles. The number of benzene rings is 1. The Morgan fingerprint density at radius 2 is 1.83 bits per heavy atom. The lowest BCUT2D eigenvalue weighted by molar-refractivity contribution is 0.628. The van der Waals surface area contributed by atoms with E-state index < -0.39 is 0 Å². The zero-order valence-electron chi connectivity index (χ0n) is 9.73. The quantitative estimate of drug-likeness (QED) is 0.803. The minimum Gasteiger partial charge on any atom is -0.256 e. The molecule has 1 aromatic carbocycles. The molecule has 1 heterocycles. The predicted molar refractivity (Wildman–Crippen MR) is 66.2 cm³/mol. The van der Waals surface area contributed by atoms with E-state index in [-0.39, 0.29) is 11.2 Å². The summed E-state index contributed by atoms with van der Waals surface area (Å²) >= 11 is 0. The number of aromatic nitrogens is 1. The van der Waals surface area contributed by atoms with E-state index in [9.17, 15) is 4.39 Å². The average Bonchev–Trinajstić information content (AvgIpc) is 3.21. The Bertz CT molecular complexity index is 604. The summed E-state index contributed by atoms with van der Waals surface area (Å²) in [6.07, 6.45) is 3.59. The number of hydrogen-bond acceptors (Lipinski definition) is 2. The SMILES string of the molecule is N#CC1(c2ccc(-c3ccc(F)cc3)nc2)CC1. The molecular formula is C15H11FN2. The zero-order valence-corrected chi connectivity index (χ0v) is 9.73. The van der Waals surface area contributed by atoms with Crippen LogP contribution in [0.4, 0.5) is 4.39 Å². The van der Waals surface area contributed by atoms with Crippen LogP contribution in [-0.4, -0.2) is 4.98 Å². The molecule has 0 spiro atoms. The topological polar surface area (TPSA) is 36.7 Å². The van der Waals surface area contributed by atoms with Crippen LogP contribution in [0.15, 0.2) is 42.6 Å². The molecular weight excluding hydrogens is 227 g/mol. The van der Waals surface area contributed by atoms with Crippen molar-refractivity contribution in [2.24, 2.45) is 0 Å². The lowest BCUT2D eigenvalue weighted by atomic mass is 9.99. The molecule has 1 fully saturated rings. The second kappa shape index (κ2) is 3.92. The van der Waals surface area contributed by atoms with Gasteiger partial charge in [0.15, 0.2) is 0 Å². The first kappa shape index (κ1) is 10.9. The number of hydrogen-bond donors (Lipinski definition) is 0. The average molecular weight is 238 g/mol. The second-order valence-electron chi connectivity index (χ2n) is 4.63. The van der Waals surface area contributed by atoms with Gasteiger partial charge in [0.2, 0.25) is 0 Å². The van der Waals surface area contributed by atoms with E-state index in [1.165, 1.54) is 12.1 Å². The van der Waals surface area contributed by atoms with Crippen molar-refractivity contribution < 1.29 is 4.39 Å². The van der Waals surface area contributed by atoms with Crippen LogP contribution in [0.3, 0.4) is 0 Å². The maximum atomic E-state index is 12.8. The maximum Gasteiger partial charge on any atom is 0.123 e. The van der Waals surface area contributed by atoms with Crippen molar-refractivity contribution in [3.63, 3.8) is 0 Å². The van der Waals surface area contributed by atoms with Crippen LogP contribution < -0.4 is 0 Å². The van der Waals surface area contributed by atoms with Gasteiger partial charge in [0.1, 0.15) is 5.82 Å². The summed E-state index contributed by atoms with van der Waals surface area (Å²) in [6, 6.07) is 12.4. The van der Waals surface area contributed by atoms with Crippen LogP contribution in [-0.2, 0) is 5.41 Å². The van der Waals surface area contributed by atoms with Crippen molar-refractivity contribution in [2.45, 2.75) is 18.3 Å². The molecule has 2 aromatic rings. The Morgan fingerprint density at radius 3 is 2.33 bits per heavy atom. The molecule has 2 nitrogen and oxygen atoms in total. The van der Waals surface area contributed by atoms with Crippen LogP contribution in [0.25, 0.3) is 11.3 Å². The summed E-state index contributed by atoms with van der Waals surface area (Å²) in [6.45, 7) is 0. The van der Waals surface area contributed by atoms with Crippen molar-refractivity contribution in [3.05, 3.63) is 54.0 Å². The van der Waals surface area contributed by atoms with Gasteiger partial charge in [-0.25, -0.2) is 4.39 Å². The van der Waals surface area contributed by atoms with Gasteiger partial charge in [-0.1, -0.05) is 6.07 Å².